The molecule has 5 nitrogen and oxygen atoms in total. The fraction of sp³-hybridized carbons (Fsp3) is 0.643. The third-order valence-corrected chi connectivity index (χ3v) is 5.63. The molecule has 20 heavy (non-hydrogen) atoms. The van der Waals surface area contributed by atoms with Crippen molar-refractivity contribution in [2.24, 2.45) is 0 Å². The minimum absolute atomic E-state index is 0.0301. The van der Waals surface area contributed by atoms with Crippen LogP contribution in [0, 0.1) is 0 Å². The number of hydrogen-bond donors (Lipinski definition) is 1. The van der Waals surface area contributed by atoms with Gasteiger partial charge < -0.3 is 10.2 Å². The normalized spacial score (nSPS) is 22.6. The van der Waals surface area contributed by atoms with Crippen LogP contribution in [0.15, 0.2) is 18.3 Å². The lowest BCUT2D eigenvalue weighted by atomic mass is 10.1. The maximum absolute atomic E-state index is 11.6. The highest BCUT2D eigenvalue weighted by Gasteiger charge is 2.32. The van der Waals surface area contributed by atoms with E-state index in [0.717, 1.165) is 17.9 Å². The molecular weight excluding hydrogens is 274 g/mol. The Morgan fingerprint density at radius 1 is 1.55 bits per heavy atom. The van der Waals surface area contributed by atoms with Crippen LogP contribution in [-0.2, 0) is 9.84 Å². The van der Waals surface area contributed by atoms with E-state index in [1.54, 1.807) is 6.20 Å². The maximum atomic E-state index is 11.6. The predicted molar refractivity (Wildman–Crippen MR) is 81.8 cm³/mol. The standard InChI is InChI=1S/C14H23N3O2S/c1-4-15-11(2)13-6-5-8-16-14(13)17(3)12-7-9-20(18,19)10-12/h5-6,8,11-12,15H,4,7,9-10H2,1-3H3. The largest absolute Gasteiger partial charge is 0.355 e. The zero-order chi connectivity index (χ0) is 14.8. The molecule has 112 valence electrons. The summed E-state index contributed by atoms with van der Waals surface area (Å²) in [6.45, 7) is 5.06. The molecule has 1 N–H and O–H groups in total. The summed E-state index contributed by atoms with van der Waals surface area (Å²) >= 11 is 0. The summed E-state index contributed by atoms with van der Waals surface area (Å²) in [6.07, 6.45) is 2.45. The molecule has 2 rings (SSSR count). The third-order valence-electron chi connectivity index (χ3n) is 3.88. The first-order chi connectivity index (χ1) is 9.44. The van der Waals surface area contributed by atoms with E-state index in [-0.39, 0.29) is 23.6 Å². The molecule has 2 heterocycles. The second-order valence-electron chi connectivity index (χ2n) is 5.36. The van der Waals surface area contributed by atoms with Crippen LogP contribution in [0.3, 0.4) is 0 Å². The van der Waals surface area contributed by atoms with E-state index in [1.165, 1.54) is 0 Å². The second kappa shape index (κ2) is 6.10. The Bertz CT molecular complexity index is 559. The molecule has 0 aliphatic carbocycles. The number of aromatic nitrogens is 1. The van der Waals surface area contributed by atoms with E-state index in [1.807, 2.05) is 18.0 Å². The lowest BCUT2D eigenvalue weighted by molar-refractivity contribution is 0.588. The number of sulfone groups is 1. The summed E-state index contributed by atoms with van der Waals surface area (Å²) in [5.74, 6) is 1.39. The van der Waals surface area contributed by atoms with E-state index in [4.69, 9.17) is 0 Å². The molecule has 2 atom stereocenters. The van der Waals surface area contributed by atoms with Crippen molar-refractivity contribution in [1.82, 2.24) is 10.3 Å². The smallest absolute Gasteiger partial charge is 0.152 e. The van der Waals surface area contributed by atoms with Crippen molar-refractivity contribution in [2.45, 2.75) is 32.4 Å². The molecule has 0 amide bonds. The van der Waals surface area contributed by atoms with E-state index in [9.17, 15) is 8.42 Å². The van der Waals surface area contributed by atoms with Crippen LogP contribution in [0.5, 0.6) is 0 Å². The Labute approximate surface area is 121 Å². The average Bonchev–Trinajstić information content (AvgIpc) is 2.78. The van der Waals surface area contributed by atoms with E-state index in [2.05, 4.69) is 30.2 Å². The van der Waals surface area contributed by atoms with Crippen molar-refractivity contribution in [2.75, 3.05) is 30.0 Å². The molecule has 1 fully saturated rings. The van der Waals surface area contributed by atoms with E-state index in [0.29, 0.717) is 6.42 Å². The summed E-state index contributed by atoms with van der Waals surface area (Å²) in [6, 6.07) is 4.20. The molecule has 1 aromatic rings. The molecule has 1 aliphatic heterocycles. The van der Waals surface area contributed by atoms with Gasteiger partial charge in [-0.2, -0.15) is 0 Å². The second-order valence-corrected chi connectivity index (χ2v) is 7.59. The van der Waals surface area contributed by atoms with Crippen molar-refractivity contribution in [3.8, 4) is 0 Å². The zero-order valence-electron chi connectivity index (χ0n) is 12.3. The zero-order valence-corrected chi connectivity index (χ0v) is 13.2. The van der Waals surface area contributed by atoms with Crippen molar-refractivity contribution in [1.29, 1.82) is 0 Å². The molecule has 1 aromatic heterocycles. The topological polar surface area (TPSA) is 62.3 Å². The number of nitrogens with zero attached hydrogens (tertiary/aromatic N) is 2. The number of rotatable bonds is 5. The Morgan fingerprint density at radius 3 is 2.90 bits per heavy atom. The van der Waals surface area contributed by atoms with Gasteiger partial charge in [0.15, 0.2) is 9.84 Å². The van der Waals surface area contributed by atoms with Crippen LogP contribution in [-0.4, -0.2) is 44.5 Å². The molecule has 0 bridgehead atoms. The van der Waals surface area contributed by atoms with E-state index < -0.39 is 9.84 Å². The van der Waals surface area contributed by atoms with Gasteiger partial charge in [0, 0.05) is 30.9 Å². The quantitative estimate of drug-likeness (QED) is 0.889. The molecule has 0 spiro atoms. The number of anilines is 1. The Hall–Kier alpha value is -1.14. The summed E-state index contributed by atoms with van der Waals surface area (Å²) in [4.78, 5) is 6.49. The number of nitrogens with one attached hydrogen (secondary N) is 1. The maximum Gasteiger partial charge on any atom is 0.152 e. The van der Waals surface area contributed by atoms with Crippen LogP contribution < -0.4 is 10.2 Å². The molecule has 6 heteroatoms. The van der Waals surface area contributed by atoms with Crippen LogP contribution in [0.1, 0.15) is 31.9 Å². The molecule has 0 aromatic carbocycles. The van der Waals surface area contributed by atoms with Crippen LogP contribution in [0.2, 0.25) is 0 Å². The molecule has 1 aliphatic rings. The molecular formula is C14H23N3O2S. The monoisotopic (exact) mass is 297 g/mol. The molecule has 0 radical (unpaired) electrons. The Balaban J connectivity index is 2.24. The minimum atomic E-state index is -2.88. The first-order valence-corrected chi connectivity index (χ1v) is 8.88. The van der Waals surface area contributed by atoms with Gasteiger partial charge in [-0.3, -0.25) is 0 Å². The summed E-state index contributed by atoms with van der Waals surface area (Å²) in [5.41, 5.74) is 1.11. The predicted octanol–water partition coefficient (Wildman–Crippen LogP) is 1.38. The first kappa shape index (κ1) is 15.3. The summed E-state index contributed by atoms with van der Waals surface area (Å²) in [5, 5.41) is 3.38. The van der Waals surface area contributed by atoms with Gasteiger partial charge in [0.05, 0.1) is 11.5 Å². The van der Waals surface area contributed by atoms with Crippen molar-refractivity contribution >= 4 is 15.7 Å². The van der Waals surface area contributed by atoms with Gasteiger partial charge >= 0.3 is 0 Å². The van der Waals surface area contributed by atoms with Crippen molar-refractivity contribution < 1.29 is 8.42 Å². The first-order valence-electron chi connectivity index (χ1n) is 7.06. The highest BCUT2D eigenvalue weighted by atomic mass is 32.2. The fourth-order valence-electron chi connectivity index (χ4n) is 2.71. The summed E-state index contributed by atoms with van der Waals surface area (Å²) in [7, 11) is -0.936. The lowest BCUT2D eigenvalue weighted by Crippen LogP contribution is -2.34. The van der Waals surface area contributed by atoms with Gasteiger partial charge in [-0.1, -0.05) is 13.0 Å². The lowest BCUT2D eigenvalue weighted by Gasteiger charge is -2.28. The SMILES string of the molecule is CCNC(C)c1cccnc1N(C)C1CCS(=O)(=O)C1. The number of hydrogen-bond acceptors (Lipinski definition) is 5. The highest BCUT2D eigenvalue weighted by Crippen LogP contribution is 2.27. The fourth-order valence-corrected chi connectivity index (χ4v) is 4.49. The van der Waals surface area contributed by atoms with Crippen molar-refractivity contribution in [3.63, 3.8) is 0 Å². The average molecular weight is 297 g/mol. The Morgan fingerprint density at radius 2 is 2.30 bits per heavy atom. The van der Waals surface area contributed by atoms with Crippen LogP contribution in [0.25, 0.3) is 0 Å². The highest BCUT2D eigenvalue weighted by molar-refractivity contribution is 7.91. The van der Waals surface area contributed by atoms with Gasteiger partial charge in [-0.25, -0.2) is 13.4 Å². The minimum Gasteiger partial charge on any atom is -0.355 e. The van der Waals surface area contributed by atoms with Crippen LogP contribution >= 0.6 is 0 Å². The van der Waals surface area contributed by atoms with Gasteiger partial charge in [0.2, 0.25) is 0 Å². The van der Waals surface area contributed by atoms with Crippen molar-refractivity contribution in [3.05, 3.63) is 23.9 Å². The summed E-state index contributed by atoms with van der Waals surface area (Å²) < 4.78 is 23.3. The van der Waals surface area contributed by atoms with Crippen LogP contribution in [0.4, 0.5) is 5.82 Å². The van der Waals surface area contributed by atoms with Gasteiger partial charge in [0.1, 0.15) is 5.82 Å². The molecule has 0 saturated carbocycles. The molecule has 1 saturated heterocycles. The molecule has 2 unspecified atom stereocenters. The Kier molecular flexibility index (Phi) is 4.65. The van der Waals surface area contributed by atoms with Gasteiger partial charge in [-0.05, 0) is 26.0 Å². The number of pyridine rings is 1. The van der Waals surface area contributed by atoms with Gasteiger partial charge in [0.25, 0.3) is 0 Å². The third kappa shape index (κ3) is 3.30. The van der Waals surface area contributed by atoms with E-state index >= 15 is 0 Å². The van der Waals surface area contributed by atoms with Gasteiger partial charge in [-0.15, -0.1) is 0 Å².